The van der Waals surface area contributed by atoms with Crippen LogP contribution in [0.5, 0.6) is 0 Å². The molecule has 0 unspecified atom stereocenters. The fourth-order valence-electron chi connectivity index (χ4n) is 7.43. The van der Waals surface area contributed by atoms with Gasteiger partial charge in [0.1, 0.15) is 0 Å². The molecule has 0 bridgehead atoms. The first kappa shape index (κ1) is 26.9. The Bertz CT molecular complexity index is 1700. The van der Waals surface area contributed by atoms with Crippen molar-refractivity contribution in [2.24, 2.45) is 0 Å². The van der Waals surface area contributed by atoms with Crippen molar-refractivity contribution in [2.75, 3.05) is 4.90 Å². The van der Waals surface area contributed by atoms with Crippen molar-refractivity contribution in [1.29, 1.82) is 0 Å². The third-order valence-corrected chi connectivity index (χ3v) is 9.41. The lowest BCUT2D eigenvalue weighted by Gasteiger charge is -2.44. The normalized spacial score (nSPS) is 13.0. The minimum atomic E-state index is 0.206. The lowest BCUT2D eigenvalue weighted by Crippen LogP contribution is -2.65. The summed E-state index contributed by atoms with van der Waals surface area (Å²) in [4.78, 5) is 2.59. The van der Waals surface area contributed by atoms with Gasteiger partial charge in [0.05, 0.1) is 0 Å². The van der Waals surface area contributed by atoms with Gasteiger partial charge in [0.2, 0.25) is 13.4 Å². The second kappa shape index (κ2) is 11.7. The molecule has 2 heterocycles. The van der Waals surface area contributed by atoms with Crippen molar-refractivity contribution in [1.82, 2.24) is 0 Å². The highest BCUT2D eigenvalue weighted by molar-refractivity contribution is 7.02. The molecule has 0 amide bonds. The topological polar surface area (TPSA) is 3.24 Å². The summed E-state index contributed by atoms with van der Waals surface area (Å²) >= 11 is 0. The van der Waals surface area contributed by atoms with Gasteiger partial charge in [0.15, 0.2) is 0 Å². The molecule has 1 nitrogen and oxygen atoms in total. The Balaban J connectivity index is 1.39. The van der Waals surface area contributed by atoms with E-state index in [1.807, 2.05) is 0 Å². The number of para-hydroxylation sites is 1. The molecule has 0 aliphatic carbocycles. The average molecular weight is 543 g/mol. The molecule has 5 aromatic carbocycles. The standard InChI is InChI=1S/C39H39B2N/c1-3-4-5-6-7-10-16-30-24-26-38-36(28-30)41(32-19-13-9-14-20-32)34-22-15-21-33-39(34)42(38)37-25-23-29(2)27-35(37)40(33)31-17-11-8-12-18-31/h8-9,11-15,17-28H,3-7,10,16H2,1-2H3. The molecule has 5 aromatic rings. The first-order chi connectivity index (χ1) is 20.7. The first-order valence-electron chi connectivity index (χ1n) is 16.0. The van der Waals surface area contributed by atoms with Crippen LogP contribution in [0.25, 0.3) is 0 Å². The zero-order valence-corrected chi connectivity index (χ0v) is 25.0. The summed E-state index contributed by atoms with van der Waals surface area (Å²) < 4.78 is 0. The van der Waals surface area contributed by atoms with Crippen LogP contribution >= 0.6 is 0 Å². The Morgan fingerprint density at radius 3 is 1.74 bits per heavy atom. The van der Waals surface area contributed by atoms with E-state index >= 15 is 0 Å². The Morgan fingerprint density at radius 2 is 1.10 bits per heavy atom. The fraction of sp³-hybridized carbons (Fsp3) is 0.231. The third-order valence-electron chi connectivity index (χ3n) is 9.41. The quantitative estimate of drug-likeness (QED) is 0.159. The summed E-state index contributed by atoms with van der Waals surface area (Å²) in [5.74, 6) is 0. The summed E-state index contributed by atoms with van der Waals surface area (Å²) in [6.45, 7) is 4.93. The number of rotatable bonds is 9. The molecule has 0 N–H and O–H groups in total. The van der Waals surface area contributed by atoms with Crippen molar-refractivity contribution in [3.8, 4) is 0 Å². The van der Waals surface area contributed by atoms with E-state index in [0.29, 0.717) is 0 Å². The molecule has 0 radical (unpaired) electrons. The van der Waals surface area contributed by atoms with Gasteiger partial charge in [-0.25, -0.2) is 0 Å². The second-order valence-corrected chi connectivity index (χ2v) is 12.3. The first-order valence-corrected chi connectivity index (χ1v) is 16.0. The molecule has 2 aliphatic rings. The summed E-state index contributed by atoms with van der Waals surface area (Å²) in [5, 5.41) is 0. The van der Waals surface area contributed by atoms with Crippen LogP contribution in [0, 0.1) is 6.92 Å². The van der Waals surface area contributed by atoms with Crippen LogP contribution in [0.3, 0.4) is 0 Å². The number of anilines is 3. The van der Waals surface area contributed by atoms with Gasteiger partial charge >= 0.3 is 0 Å². The van der Waals surface area contributed by atoms with Crippen molar-refractivity contribution in [3.63, 3.8) is 0 Å². The molecule has 7 rings (SSSR count). The molecule has 2 aliphatic heterocycles. The van der Waals surface area contributed by atoms with Gasteiger partial charge < -0.3 is 4.90 Å². The van der Waals surface area contributed by atoms with E-state index < -0.39 is 0 Å². The van der Waals surface area contributed by atoms with E-state index in [-0.39, 0.29) is 13.4 Å². The highest BCUT2D eigenvalue weighted by Crippen LogP contribution is 2.37. The van der Waals surface area contributed by atoms with E-state index in [1.54, 1.807) is 0 Å². The SMILES string of the molecule is CCCCCCCCc1ccc2c(c1)B(c1ccccc1)c1cccc3c1N2c1ccc(C)cc1B3c1ccccc1. The van der Waals surface area contributed by atoms with Crippen LogP contribution in [-0.2, 0) is 6.42 Å². The zero-order chi connectivity index (χ0) is 28.5. The molecule has 0 saturated heterocycles. The number of hydrogen-bond donors (Lipinski definition) is 0. The predicted octanol–water partition coefficient (Wildman–Crippen LogP) is 6.03. The Hall–Kier alpha value is -3.97. The van der Waals surface area contributed by atoms with Gasteiger partial charge in [0.25, 0.3) is 0 Å². The van der Waals surface area contributed by atoms with E-state index in [9.17, 15) is 0 Å². The lowest BCUT2D eigenvalue weighted by atomic mass is 9.30. The summed E-state index contributed by atoms with van der Waals surface area (Å²) in [5.41, 5.74) is 15.1. The van der Waals surface area contributed by atoms with Gasteiger partial charge in [-0.05, 0) is 59.3 Å². The lowest BCUT2D eigenvalue weighted by molar-refractivity contribution is 0.607. The molecule has 0 fully saturated rings. The van der Waals surface area contributed by atoms with Gasteiger partial charge in [-0.3, -0.25) is 0 Å². The van der Waals surface area contributed by atoms with Crippen LogP contribution in [0.1, 0.15) is 56.6 Å². The van der Waals surface area contributed by atoms with E-state index in [0.717, 1.165) is 6.42 Å². The van der Waals surface area contributed by atoms with Crippen molar-refractivity contribution in [3.05, 3.63) is 126 Å². The average Bonchev–Trinajstić information content (AvgIpc) is 3.03. The van der Waals surface area contributed by atoms with Gasteiger partial charge in [0, 0.05) is 17.1 Å². The number of fused-ring (bicyclic) bond motifs is 4. The molecule has 3 heteroatoms. The van der Waals surface area contributed by atoms with E-state index in [1.165, 1.54) is 99.5 Å². The Kier molecular flexibility index (Phi) is 7.51. The van der Waals surface area contributed by atoms with Gasteiger partial charge in [-0.15, -0.1) is 0 Å². The Morgan fingerprint density at radius 1 is 0.524 bits per heavy atom. The van der Waals surface area contributed by atoms with E-state index in [4.69, 9.17) is 0 Å². The zero-order valence-electron chi connectivity index (χ0n) is 25.0. The number of unbranched alkanes of at least 4 members (excludes halogenated alkanes) is 5. The van der Waals surface area contributed by atoms with Gasteiger partial charge in [-0.1, -0.05) is 159 Å². The molecule has 0 saturated carbocycles. The minimum absolute atomic E-state index is 0.206. The summed E-state index contributed by atoms with van der Waals surface area (Å²) in [6, 6.07) is 43.7. The molecule has 206 valence electrons. The number of hydrogen-bond acceptors (Lipinski definition) is 1. The maximum absolute atomic E-state index is 2.59. The van der Waals surface area contributed by atoms with Gasteiger partial charge in [-0.2, -0.15) is 0 Å². The molecular formula is C39H39B2N. The maximum atomic E-state index is 2.59. The maximum Gasteiger partial charge on any atom is 0.246 e. The van der Waals surface area contributed by atoms with Crippen molar-refractivity contribution in [2.45, 2.75) is 58.8 Å². The van der Waals surface area contributed by atoms with Crippen LogP contribution < -0.4 is 37.7 Å². The highest BCUT2D eigenvalue weighted by atomic mass is 15.2. The third kappa shape index (κ3) is 4.79. The number of aryl methyl sites for hydroxylation is 2. The molecule has 0 spiro atoms. The van der Waals surface area contributed by atoms with Crippen LogP contribution in [0.15, 0.2) is 115 Å². The monoisotopic (exact) mass is 543 g/mol. The minimum Gasteiger partial charge on any atom is -0.313 e. The van der Waals surface area contributed by atoms with Crippen molar-refractivity contribution >= 4 is 63.3 Å². The predicted molar refractivity (Wildman–Crippen MR) is 185 cm³/mol. The highest BCUT2D eigenvalue weighted by Gasteiger charge is 2.43. The summed E-state index contributed by atoms with van der Waals surface area (Å²) in [6.07, 6.45) is 9.14. The number of benzene rings is 5. The van der Waals surface area contributed by atoms with Crippen LogP contribution in [0.4, 0.5) is 17.1 Å². The molecule has 0 atom stereocenters. The largest absolute Gasteiger partial charge is 0.313 e. The summed E-state index contributed by atoms with van der Waals surface area (Å²) in [7, 11) is 0. The molecular weight excluding hydrogens is 504 g/mol. The van der Waals surface area contributed by atoms with Crippen LogP contribution in [0.2, 0.25) is 0 Å². The van der Waals surface area contributed by atoms with E-state index in [2.05, 4.69) is 134 Å². The second-order valence-electron chi connectivity index (χ2n) is 12.3. The Labute approximate surface area is 252 Å². The fourth-order valence-corrected chi connectivity index (χ4v) is 7.43. The van der Waals surface area contributed by atoms with Crippen LogP contribution in [-0.4, -0.2) is 13.4 Å². The smallest absolute Gasteiger partial charge is 0.246 e. The molecule has 42 heavy (non-hydrogen) atoms. The molecule has 0 aromatic heterocycles. The number of nitrogens with zero attached hydrogens (tertiary/aromatic N) is 1. The van der Waals surface area contributed by atoms with Crippen molar-refractivity contribution < 1.29 is 0 Å².